The summed E-state index contributed by atoms with van der Waals surface area (Å²) in [5.41, 5.74) is 0.629. The molecule has 0 radical (unpaired) electrons. The maximum Gasteiger partial charge on any atom is 0.254 e. The fourth-order valence-corrected chi connectivity index (χ4v) is 3.48. The quantitative estimate of drug-likeness (QED) is 0.782. The molecule has 2 saturated heterocycles. The fraction of sp³-hybridized carbons (Fsp3) is 0.625. The van der Waals surface area contributed by atoms with Gasteiger partial charge in [-0.1, -0.05) is 11.6 Å². The van der Waals surface area contributed by atoms with Gasteiger partial charge in [0, 0.05) is 44.0 Å². The summed E-state index contributed by atoms with van der Waals surface area (Å²) in [5, 5.41) is 0.367. The van der Waals surface area contributed by atoms with Crippen molar-refractivity contribution in [1.82, 2.24) is 14.8 Å². The lowest BCUT2D eigenvalue weighted by molar-refractivity contribution is 0.0135. The number of amides is 1. The third-order valence-corrected chi connectivity index (χ3v) is 4.73. The van der Waals surface area contributed by atoms with Gasteiger partial charge in [-0.2, -0.15) is 0 Å². The van der Waals surface area contributed by atoms with Gasteiger partial charge in [0.05, 0.1) is 13.2 Å². The van der Waals surface area contributed by atoms with Crippen LogP contribution in [0.25, 0.3) is 0 Å². The standard InChI is InChI=1S/C16H22ClN3O2/c17-15-12-13(3-5-18-15)16(21)20-6-1-2-14(4-7-20)19-8-10-22-11-9-19/h3,5,12,14H,1-2,4,6-11H2. The number of carbonyl (C=O) groups is 1. The predicted octanol–water partition coefficient (Wildman–Crippen LogP) is 2.06. The molecule has 1 unspecified atom stereocenters. The average molecular weight is 324 g/mol. The van der Waals surface area contributed by atoms with Crippen LogP contribution in [0.2, 0.25) is 5.15 Å². The Hall–Kier alpha value is -1.17. The Morgan fingerprint density at radius 1 is 1.23 bits per heavy atom. The number of carbonyl (C=O) groups excluding carboxylic acids is 1. The molecule has 1 amide bonds. The largest absolute Gasteiger partial charge is 0.379 e. The van der Waals surface area contributed by atoms with E-state index in [-0.39, 0.29) is 5.91 Å². The summed E-state index contributed by atoms with van der Waals surface area (Å²) in [5.74, 6) is 0.0620. The lowest BCUT2D eigenvalue weighted by atomic mass is 10.1. The minimum atomic E-state index is 0.0620. The van der Waals surface area contributed by atoms with Gasteiger partial charge in [0.2, 0.25) is 0 Å². The topological polar surface area (TPSA) is 45.7 Å². The number of halogens is 1. The van der Waals surface area contributed by atoms with Gasteiger partial charge in [-0.3, -0.25) is 9.69 Å². The molecular weight excluding hydrogens is 302 g/mol. The number of ether oxygens (including phenoxy) is 1. The molecule has 2 fully saturated rings. The first-order chi connectivity index (χ1) is 10.7. The number of morpholine rings is 1. The van der Waals surface area contributed by atoms with Gasteiger partial charge in [0.25, 0.3) is 5.91 Å². The average Bonchev–Trinajstić information content (AvgIpc) is 2.81. The lowest BCUT2D eigenvalue weighted by Crippen LogP contribution is -2.44. The Morgan fingerprint density at radius 2 is 2.05 bits per heavy atom. The summed E-state index contributed by atoms with van der Waals surface area (Å²) in [6, 6.07) is 3.95. The van der Waals surface area contributed by atoms with Crippen molar-refractivity contribution in [3.05, 3.63) is 29.0 Å². The molecule has 120 valence electrons. The second-order valence-corrected chi connectivity index (χ2v) is 6.28. The minimum absolute atomic E-state index is 0.0620. The third kappa shape index (κ3) is 3.77. The Kier molecular flexibility index (Phi) is 5.28. The molecule has 0 spiro atoms. The van der Waals surface area contributed by atoms with Crippen LogP contribution < -0.4 is 0 Å². The first-order valence-electron chi connectivity index (χ1n) is 7.96. The molecule has 22 heavy (non-hydrogen) atoms. The van der Waals surface area contributed by atoms with Crippen LogP contribution in [0.15, 0.2) is 18.3 Å². The number of hydrogen-bond acceptors (Lipinski definition) is 4. The van der Waals surface area contributed by atoms with Gasteiger partial charge < -0.3 is 9.64 Å². The van der Waals surface area contributed by atoms with Crippen LogP contribution >= 0.6 is 11.6 Å². The van der Waals surface area contributed by atoms with E-state index in [2.05, 4.69) is 9.88 Å². The summed E-state index contributed by atoms with van der Waals surface area (Å²) in [4.78, 5) is 21.0. The van der Waals surface area contributed by atoms with E-state index in [0.717, 1.165) is 58.7 Å². The van der Waals surface area contributed by atoms with Crippen LogP contribution in [0.4, 0.5) is 0 Å². The molecule has 0 aromatic carbocycles. The molecule has 0 bridgehead atoms. The van der Waals surface area contributed by atoms with Gasteiger partial charge in [-0.25, -0.2) is 4.98 Å². The summed E-state index contributed by atoms with van der Waals surface area (Å²) in [6.45, 7) is 5.31. The van der Waals surface area contributed by atoms with Crippen LogP contribution in [0, 0.1) is 0 Å². The molecule has 0 saturated carbocycles. The van der Waals surface area contributed by atoms with Crippen LogP contribution in [0.1, 0.15) is 29.6 Å². The van der Waals surface area contributed by atoms with Crippen LogP contribution in [-0.4, -0.2) is 66.1 Å². The number of aromatic nitrogens is 1. The molecule has 1 aromatic heterocycles. The van der Waals surface area contributed by atoms with Crippen molar-refractivity contribution < 1.29 is 9.53 Å². The molecule has 2 aliphatic heterocycles. The number of pyridine rings is 1. The zero-order valence-corrected chi connectivity index (χ0v) is 13.5. The van der Waals surface area contributed by atoms with Crippen molar-refractivity contribution in [3.8, 4) is 0 Å². The van der Waals surface area contributed by atoms with Crippen molar-refractivity contribution >= 4 is 17.5 Å². The lowest BCUT2D eigenvalue weighted by Gasteiger charge is -2.34. The molecule has 6 heteroatoms. The minimum Gasteiger partial charge on any atom is -0.379 e. The molecule has 0 aliphatic carbocycles. The second kappa shape index (κ2) is 7.40. The maximum atomic E-state index is 12.6. The van der Waals surface area contributed by atoms with Crippen molar-refractivity contribution in [2.45, 2.75) is 25.3 Å². The van der Waals surface area contributed by atoms with Gasteiger partial charge in [0.15, 0.2) is 0 Å². The van der Waals surface area contributed by atoms with E-state index in [1.807, 2.05) is 4.90 Å². The van der Waals surface area contributed by atoms with Crippen molar-refractivity contribution in [2.75, 3.05) is 39.4 Å². The molecule has 0 N–H and O–H groups in total. The molecule has 2 aliphatic rings. The zero-order valence-electron chi connectivity index (χ0n) is 12.7. The number of likely N-dealkylation sites (tertiary alicyclic amines) is 1. The number of hydrogen-bond donors (Lipinski definition) is 0. The Balaban J connectivity index is 1.61. The molecule has 5 nitrogen and oxygen atoms in total. The van der Waals surface area contributed by atoms with E-state index < -0.39 is 0 Å². The van der Waals surface area contributed by atoms with E-state index in [9.17, 15) is 4.79 Å². The van der Waals surface area contributed by atoms with Crippen molar-refractivity contribution in [3.63, 3.8) is 0 Å². The highest BCUT2D eigenvalue weighted by Gasteiger charge is 2.26. The molecular formula is C16H22ClN3O2. The molecule has 3 heterocycles. The third-order valence-electron chi connectivity index (χ3n) is 4.52. The van der Waals surface area contributed by atoms with E-state index in [1.54, 1.807) is 18.3 Å². The van der Waals surface area contributed by atoms with E-state index in [1.165, 1.54) is 0 Å². The first-order valence-corrected chi connectivity index (χ1v) is 8.34. The summed E-state index contributed by atoms with van der Waals surface area (Å²) in [6.07, 6.45) is 4.82. The highest BCUT2D eigenvalue weighted by Crippen LogP contribution is 2.20. The summed E-state index contributed by atoms with van der Waals surface area (Å²) >= 11 is 5.88. The molecule has 1 aromatic rings. The number of rotatable bonds is 2. The van der Waals surface area contributed by atoms with Gasteiger partial charge in [0.1, 0.15) is 5.15 Å². The Bertz CT molecular complexity index is 520. The van der Waals surface area contributed by atoms with Gasteiger partial charge >= 0.3 is 0 Å². The van der Waals surface area contributed by atoms with Crippen molar-refractivity contribution in [2.24, 2.45) is 0 Å². The van der Waals surface area contributed by atoms with Crippen LogP contribution in [-0.2, 0) is 4.74 Å². The highest BCUT2D eigenvalue weighted by atomic mass is 35.5. The van der Waals surface area contributed by atoms with Gasteiger partial charge in [-0.05, 0) is 31.4 Å². The fourth-order valence-electron chi connectivity index (χ4n) is 3.31. The van der Waals surface area contributed by atoms with Crippen LogP contribution in [0.3, 0.4) is 0 Å². The van der Waals surface area contributed by atoms with E-state index >= 15 is 0 Å². The van der Waals surface area contributed by atoms with Crippen molar-refractivity contribution in [1.29, 1.82) is 0 Å². The monoisotopic (exact) mass is 323 g/mol. The first kappa shape index (κ1) is 15.7. The molecule has 1 atom stereocenters. The summed E-state index contributed by atoms with van der Waals surface area (Å²) < 4.78 is 5.43. The maximum absolute atomic E-state index is 12.6. The zero-order chi connectivity index (χ0) is 15.4. The van der Waals surface area contributed by atoms with E-state index in [0.29, 0.717) is 16.8 Å². The van der Waals surface area contributed by atoms with E-state index in [4.69, 9.17) is 16.3 Å². The predicted molar refractivity (Wildman–Crippen MR) is 85.2 cm³/mol. The summed E-state index contributed by atoms with van der Waals surface area (Å²) in [7, 11) is 0. The smallest absolute Gasteiger partial charge is 0.254 e. The SMILES string of the molecule is O=C(c1ccnc(Cl)c1)N1CCCC(N2CCOCC2)CC1. The highest BCUT2D eigenvalue weighted by molar-refractivity contribution is 6.29. The second-order valence-electron chi connectivity index (χ2n) is 5.89. The normalized spacial score (nSPS) is 24.0. The van der Waals surface area contributed by atoms with Gasteiger partial charge in [-0.15, -0.1) is 0 Å². The Labute approximate surface area is 136 Å². The van der Waals surface area contributed by atoms with Crippen LogP contribution in [0.5, 0.6) is 0 Å². The Morgan fingerprint density at radius 3 is 2.82 bits per heavy atom. The molecule has 3 rings (SSSR count). The number of nitrogens with zero attached hydrogens (tertiary/aromatic N) is 3.